The fourth-order valence-electron chi connectivity index (χ4n) is 3.60. The number of aryl methyl sites for hydroxylation is 1. The van der Waals surface area contributed by atoms with Crippen molar-refractivity contribution in [1.29, 1.82) is 0 Å². The minimum absolute atomic E-state index is 0.264. The summed E-state index contributed by atoms with van der Waals surface area (Å²) < 4.78 is 1.93. The number of carbonyl (C=O) groups excluding carboxylic acids is 1. The fourth-order valence-corrected chi connectivity index (χ4v) is 3.60. The summed E-state index contributed by atoms with van der Waals surface area (Å²) in [6, 6.07) is 10.7. The van der Waals surface area contributed by atoms with Crippen LogP contribution in [-0.2, 0) is 18.4 Å². The van der Waals surface area contributed by atoms with Gasteiger partial charge in [-0.3, -0.25) is 9.48 Å². The number of amides is 1. The highest BCUT2D eigenvalue weighted by molar-refractivity contribution is 5.82. The Kier molecular flexibility index (Phi) is 4.02. The Morgan fingerprint density at radius 3 is 2.40 bits per heavy atom. The normalized spacial score (nSPS) is 16.8. The predicted octanol–water partition coefficient (Wildman–Crippen LogP) is 3.05. The summed E-state index contributed by atoms with van der Waals surface area (Å²) in [6.07, 6.45) is 4.38. The van der Waals surface area contributed by atoms with E-state index in [1.807, 2.05) is 44.0 Å². The molecule has 5 heteroatoms. The lowest BCUT2D eigenvalue weighted by molar-refractivity contribution is -0.133. The predicted molar refractivity (Wildman–Crippen MR) is 99.3 cm³/mol. The third-order valence-electron chi connectivity index (χ3n) is 5.11. The third kappa shape index (κ3) is 3.15. The van der Waals surface area contributed by atoms with Crippen molar-refractivity contribution < 1.29 is 4.79 Å². The number of benzene rings is 1. The van der Waals surface area contributed by atoms with Crippen LogP contribution in [-0.4, -0.2) is 40.7 Å². The van der Waals surface area contributed by atoms with E-state index in [0.717, 1.165) is 48.3 Å². The molecule has 0 radical (unpaired) electrons. The molecule has 0 bridgehead atoms. The van der Waals surface area contributed by atoms with Gasteiger partial charge in [0.05, 0.1) is 12.2 Å². The summed E-state index contributed by atoms with van der Waals surface area (Å²) in [5.74, 6) is 1.68. The molecule has 4 rings (SSSR count). The largest absolute Gasteiger partial charge is 0.363 e. The van der Waals surface area contributed by atoms with Gasteiger partial charge < -0.3 is 9.80 Å². The van der Waals surface area contributed by atoms with E-state index in [0.29, 0.717) is 18.5 Å². The maximum Gasteiger partial charge on any atom is 0.226 e. The van der Waals surface area contributed by atoms with Gasteiger partial charge in [-0.2, -0.15) is 5.10 Å². The lowest BCUT2D eigenvalue weighted by atomic mass is 10.1. The van der Waals surface area contributed by atoms with Crippen molar-refractivity contribution in [3.63, 3.8) is 0 Å². The second kappa shape index (κ2) is 6.21. The quantitative estimate of drug-likeness (QED) is 0.813. The number of carbonyl (C=O) groups is 1. The first kappa shape index (κ1) is 16.2. The maximum atomic E-state index is 12.8. The van der Waals surface area contributed by atoms with Crippen LogP contribution in [0.1, 0.15) is 31.2 Å². The zero-order valence-corrected chi connectivity index (χ0v) is 15.3. The Morgan fingerprint density at radius 1 is 1.16 bits per heavy atom. The summed E-state index contributed by atoms with van der Waals surface area (Å²) >= 11 is 0. The summed E-state index contributed by atoms with van der Waals surface area (Å²) in [5.41, 5.74) is 3.25. The highest BCUT2D eigenvalue weighted by atomic mass is 16.2. The topological polar surface area (TPSA) is 41.4 Å². The molecule has 132 valence electrons. The third-order valence-corrected chi connectivity index (χ3v) is 5.11. The van der Waals surface area contributed by atoms with Crippen LogP contribution >= 0.6 is 0 Å². The molecule has 0 atom stereocenters. The van der Waals surface area contributed by atoms with Crippen molar-refractivity contribution in [3.8, 4) is 11.3 Å². The smallest absolute Gasteiger partial charge is 0.226 e. The zero-order valence-electron chi connectivity index (χ0n) is 15.3. The summed E-state index contributed by atoms with van der Waals surface area (Å²) in [6.45, 7) is 0.658. The van der Waals surface area contributed by atoms with Crippen molar-refractivity contribution in [3.05, 3.63) is 35.9 Å². The minimum Gasteiger partial charge on any atom is -0.363 e. The van der Waals surface area contributed by atoms with Gasteiger partial charge >= 0.3 is 0 Å². The highest BCUT2D eigenvalue weighted by Crippen LogP contribution is 2.39. The van der Waals surface area contributed by atoms with Gasteiger partial charge in [0.2, 0.25) is 5.91 Å². The first-order valence-electron chi connectivity index (χ1n) is 9.15. The van der Waals surface area contributed by atoms with Crippen molar-refractivity contribution in [2.45, 2.75) is 38.3 Å². The standard InChI is InChI=1S/C20H26N4O/c1-22(2)19-17(13-24(16-11-12-16)20(25)15-9-10-15)18(21-23(19)3)14-7-5-4-6-8-14/h4-8,15-16H,9-13H2,1-3H3. The molecule has 1 aromatic heterocycles. The maximum absolute atomic E-state index is 12.8. The number of nitrogens with zero attached hydrogens (tertiary/aromatic N) is 4. The van der Waals surface area contributed by atoms with Crippen LogP contribution in [0.2, 0.25) is 0 Å². The van der Waals surface area contributed by atoms with E-state index in [9.17, 15) is 4.79 Å². The van der Waals surface area contributed by atoms with Gasteiger partial charge in [-0.1, -0.05) is 30.3 Å². The molecule has 0 aliphatic heterocycles. The van der Waals surface area contributed by atoms with Crippen LogP contribution < -0.4 is 4.90 Å². The highest BCUT2D eigenvalue weighted by Gasteiger charge is 2.41. The average Bonchev–Trinajstić information content (AvgIpc) is 3.49. The van der Waals surface area contributed by atoms with Gasteiger partial charge in [-0.15, -0.1) is 0 Å². The van der Waals surface area contributed by atoms with Gasteiger partial charge in [0.1, 0.15) is 5.82 Å². The van der Waals surface area contributed by atoms with Gasteiger partial charge in [0.25, 0.3) is 0 Å². The molecule has 1 amide bonds. The average molecular weight is 338 g/mol. The molecule has 5 nitrogen and oxygen atoms in total. The first-order valence-corrected chi connectivity index (χ1v) is 9.15. The fraction of sp³-hybridized carbons (Fsp3) is 0.500. The number of rotatable bonds is 6. The van der Waals surface area contributed by atoms with E-state index in [2.05, 4.69) is 21.9 Å². The Labute approximate surface area is 149 Å². The Bertz CT molecular complexity index is 772. The Hall–Kier alpha value is -2.30. The molecule has 2 aliphatic carbocycles. The van der Waals surface area contributed by atoms with Crippen LogP contribution in [0.5, 0.6) is 0 Å². The molecule has 2 fully saturated rings. The van der Waals surface area contributed by atoms with E-state index >= 15 is 0 Å². The molecule has 2 aromatic rings. The lowest BCUT2D eigenvalue weighted by Crippen LogP contribution is -2.34. The molecule has 0 unspecified atom stereocenters. The zero-order chi connectivity index (χ0) is 17.6. The number of aromatic nitrogens is 2. The van der Waals surface area contributed by atoms with Gasteiger partial charge in [0.15, 0.2) is 0 Å². The minimum atomic E-state index is 0.264. The molecular formula is C20H26N4O. The van der Waals surface area contributed by atoms with Gasteiger partial charge in [0, 0.05) is 44.2 Å². The Balaban J connectivity index is 1.74. The molecule has 0 saturated heterocycles. The number of anilines is 1. The summed E-state index contributed by atoms with van der Waals surface area (Å²) in [4.78, 5) is 17.0. The SMILES string of the molecule is CN(C)c1c(CN(C(=O)C2CC2)C2CC2)c(-c2ccccc2)nn1C. The van der Waals surface area contributed by atoms with Crippen molar-refractivity contribution in [1.82, 2.24) is 14.7 Å². The van der Waals surface area contributed by atoms with E-state index in [1.54, 1.807) is 0 Å². The van der Waals surface area contributed by atoms with E-state index in [1.165, 1.54) is 0 Å². The molecule has 2 aliphatic rings. The van der Waals surface area contributed by atoms with E-state index in [-0.39, 0.29) is 5.92 Å². The molecular weight excluding hydrogens is 312 g/mol. The monoisotopic (exact) mass is 338 g/mol. The van der Waals surface area contributed by atoms with Crippen LogP contribution in [0.3, 0.4) is 0 Å². The molecule has 1 heterocycles. The molecule has 0 spiro atoms. The number of hydrogen-bond donors (Lipinski definition) is 0. The van der Waals surface area contributed by atoms with Gasteiger partial charge in [-0.25, -0.2) is 0 Å². The van der Waals surface area contributed by atoms with Crippen molar-refractivity contribution in [2.75, 3.05) is 19.0 Å². The van der Waals surface area contributed by atoms with Crippen LogP contribution in [0.15, 0.2) is 30.3 Å². The van der Waals surface area contributed by atoms with Crippen molar-refractivity contribution >= 4 is 11.7 Å². The summed E-state index contributed by atoms with van der Waals surface area (Å²) in [7, 11) is 6.06. The second-order valence-electron chi connectivity index (χ2n) is 7.51. The summed E-state index contributed by atoms with van der Waals surface area (Å²) in [5, 5.41) is 4.79. The lowest BCUT2D eigenvalue weighted by Gasteiger charge is -2.24. The van der Waals surface area contributed by atoms with Crippen LogP contribution in [0, 0.1) is 5.92 Å². The van der Waals surface area contributed by atoms with E-state index < -0.39 is 0 Å². The molecule has 0 N–H and O–H groups in total. The number of hydrogen-bond acceptors (Lipinski definition) is 3. The molecule has 25 heavy (non-hydrogen) atoms. The second-order valence-corrected chi connectivity index (χ2v) is 7.51. The van der Waals surface area contributed by atoms with Crippen LogP contribution in [0.4, 0.5) is 5.82 Å². The van der Waals surface area contributed by atoms with Gasteiger partial charge in [-0.05, 0) is 25.7 Å². The first-order chi connectivity index (χ1) is 12.1. The van der Waals surface area contributed by atoms with Crippen LogP contribution in [0.25, 0.3) is 11.3 Å². The molecule has 1 aromatic carbocycles. The molecule has 2 saturated carbocycles. The van der Waals surface area contributed by atoms with Crippen molar-refractivity contribution in [2.24, 2.45) is 13.0 Å². The van der Waals surface area contributed by atoms with E-state index in [4.69, 9.17) is 5.10 Å². The Morgan fingerprint density at radius 2 is 1.84 bits per heavy atom.